The van der Waals surface area contributed by atoms with Gasteiger partial charge in [0, 0.05) is 29.3 Å². The largest absolute Gasteiger partial charge is 0.489 e. The number of carbonyl (C=O) groups excluding carboxylic acids is 2. The van der Waals surface area contributed by atoms with E-state index in [0.717, 1.165) is 29.7 Å². The molecule has 5 nitrogen and oxygen atoms in total. The van der Waals surface area contributed by atoms with Crippen molar-refractivity contribution in [3.63, 3.8) is 0 Å². The van der Waals surface area contributed by atoms with E-state index in [1.54, 1.807) is 0 Å². The normalized spacial score (nSPS) is 20.4. The number of Topliss-reactive ketones (excluding diaryl/α,β-unsaturated/α-hetero) is 1. The number of benzene rings is 2. The highest BCUT2D eigenvalue weighted by molar-refractivity contribution is 6.08. The molecule has 0 spiro atoms. The summed E-state index contributed by atoms with van der Waals surface area (Å²) in [7, 11) is 0. The van der Waals surface area contributed by atoms with Crippen molar-refractivity contribution in [3.8, 4) is 5.75 Å². The van der Waals surface area contributed by atoms with E-state index in [0.29, 0.717) is 36.7 Å². The average molecular weight is 446 g/mol. The lowest BCUT2D eigenvalue weighted by Gasteiger charge is -2.34. The predicted molar refractivity (Wildman–Crippen MR) is 128 cm³/mol. The third kappa shape index (κ3) is 5.24. The van der Waals surface area contributed by atoms with Gasteiger partial charge in [-0.05, 0) is 48.9 Å². The van der Waals surface area contributed by atoms with Gasteiger partial charge in [-0.2, -0.15) is 0 Å². The average Bonchev–Trinajstić information content (AvgIpc) is 2.81. The predicted octanol–water partition coefficient (Wildman–Crippen LogP) is 5.65. The molecule has 2 aromatic rings. The highest BCUT2D eigenvalue weighted by atomic mass is 16.5. The van der Waals surface area contributed by atoms with Gasteiger partial charge in [-0.1, -0.05) is 56.3 Å². The molecule has 0 saturated carbocycles. The van der Waals surface area contributed by atoms with Gasteiger partial charge < -0.3 is 9.47 Å². The molecule has 0 radical (unpaired) electrons. The van der Waals surface area contributed by atoms with E-state index < -0.39 is 11.8 Å². The maximum Gasteiger partial charge on any atom is 0.315 e. The number of allylic oxidation sites excluding steroid dienone is 2. The SMILES string of the molecule is CC1=NC2=C(C(=O)CCC2)C(c2cccc(OCc3ccccc3)c2)C1C(=O)OCC(C)C. The third-order valence-corrected chi connectivity index (χ3v) is 6.11. The van der Waals surface area contributed by atoms with Gasteiger partial charge in [0.05, 0.1) is 6.61 Å². The van der Waals surface area contributed by atoms with E-state index in [4.69, 9.17) is 14.5 Å². The van der Waals surface area contributed by atoms with Crippen LogP contribution in [0, 0.1) is 11.8 Å². The molecular formula is C28H31NO4. The van der Waals surface area contributed by atoms with E-state index >= 15 is 0 Å². The first-order chi connectivity index (χ1) is 15.9. The molecule has 2 unspecified atom stereocenters. The van der Waals surface area contributed by atoms with Gasteiger partial charge in [0.2, 0.25) is 0 Å². The Labute approximate surface area is 195 Å². The van der Waals surface area contributed by atoms with Gasteiger partial charge in [0.15, 0.2) is 5.78 Å². The van der Waals surface area contributed by atoms with Gasteiger partial charge in [-0.25, -0.2) is 0 Å². The smallest absolute Gasteiger partial charge is 0.315 e. The molecule has 1 heterocycles. The first-order valence-electron chi connectivity index (χ1n) is 11.7. The number of nitrogens with zero attached hydrogens (tertiary/aromatic N) is 1. The number of esters is 1. The highest BCUT2D eigenvalue weighted by Crippen LogP contribution is 2.44. The summed E-state index contributed by atoms with van der Waals surface area (Å²) in [4.78, 5) is 30.9. The van der Waals surface area contributed by atoms with Crippen LogP contribution in [0.3, 0.4) is 0 Å². The molecule has 2 aliphatic rings. The lowest BCUT2D eigenvalue weighted by Crippen LogP contribution is -2.37. The molecule has 33 heavy (non-hydrogen) atoms. The Morgan fingerprint density at radius 1 is 1.09 bits per heavy atom. The Balaban J connectivity index is 1.68. The zero-order valence-electron chi connectivity index (χ0n) is 19.5. The van der Waals surface area contributed by atoms with Crippen molar-refractivity contribution in [1.82, 2.24) is 0 Å². The second-order valence-corrected chi connectivity index (χ2v) is 9.22. The fourth-order valence-electron chi connectivity index (χ4n) is 4.55. The number of ketones is 1. The number of ether oxygens (including phenoxy) is 2. The van der Waals surface area contributed by atoms with Gasteiger partial charge in [0.1, 0.15) is 18.3 Å². The first kappa shape index (κ1) is 23.0. The van der Waals surface area contributed by atoms with E-state index in [9.17, 15) is 9.59 Å². The molecule has 172 valence electrons. The molecular weight excluding hydrogens is 414 g/mol. The van der Waals surface area contributed by atoms with Crippen LogP contribution in [0.5, 0.6) is 5.75 Å². The molecule has 0 amide bonds. The molecule has 0 aromatic heterocycles. The lowest BCUT2D eigenvalue weighted by molar-refractivity contribution is -0.147. The van der Waals surface area contributed by atoms with Crippen LogP contribution in [-0.2, 0) is 20.9 Å². The second-order valence-electron chi connectivity index (χ2n) is 9.22. The minimum Gasteiger partial charge on any atom is -0.489 e. The molecule has 1 aliphatic carbocycles. The lowest BCUT2D eigenvalue weighted by atomic mass is 9.71. The monoisotopic (exact) mass is 445 g/mol. The van der Waals surface area contributed by atoms with Crippen molar-refractivity contribution in [2.45, 2.75) is 52.6 Å². The number of carbonyl (C=O) groups is 2. The highest BCUT2D eigenvalue weighted by Gasteiger charge is 2.43. The standard InChI is InChI=1S/C28H31NO4/c1-18(2)16-33-28(31)25-19(3)29-23-13-8-14-24(30)27(23)26(25)21-11-7-12-22(15-21)32-17-20-9-5-4-6-10-20/h4-7,9-12,15,18,25-26H,8,13-14,16-17H2,1-3H3. The van der Waals surface area contributed by atoms with Crippen LogP contribution in [0.1, 0.15) is 57.1 Å². The molecule has 2 aromatic carbocycles. The Morgan fingerprint density at radius 3 is 2.64 bits per heavy atom. The van der Waals surface area contributed by atoms with Crippen LogP contribution in [0.25, 0.3) is 0 Å². The summed E-state index contributed by atoms with van der Waals surface area (Å²) in [5.74, 6) is -0.338. The Kier molecular flexibility index (Phi) is 7.07. The van der Waals surface area contributed by atoms with Crippen LogP contribution in [0.4, 0.5) is 0 Å². The topological polar surface area (TPSA) is 65.0 Å². The molecule has 2 atom stereocenters. The van der Waals surface area contributed by atoms with Gasteiger partial charge in [0.25, 0.3) is 0 Å². The Hall–Kier alpha value is -3.21. The molecule has 0 fully saturated rings. The molecule has 0 N–H and O–H groups in total. The van der Waals surface area contributed by atoms with Crippen molar-refractivity contribution < 1.29 is 19.1 Å². The van der Waals surface area contributed by atoms with Gasteiger partial charge >= 0.3 is 5.97 Å². The first-order valence-corrected chi connectivity index (χ1v) is 11.7. The minimum absolute atomic E-state index is 0.0785. The third-order valence-electron chi connectivity index (χ3n) is 6.11. The summed E-state index contributed by atoms with van der Waals surface area (Å²) in [6.07, 6.45) is 2.04. The molecule has 0 saturated heterocycles. The van der Waals surface area contributed by atoms with E-state index in [-0.39, 0.29) is 17.7 Å². The fraction of sp³-hybridized carbons (Fsp3) is 0.393. The zero-order chi connectivity index (χ0) is 23.4. The summed E-state index contributed by atoms with van der Waals surface area (Å²) in [6, 6.07) is 17.7. The number of hydrogen-bond acceptors (Lipinski definition) is 5. The van der Waals surface area contributed by atoms with Gasteiger partial charge in [-0.3, -0.25) is 14.6 Å². The van der Waals surface area contributed by atoms with Crippen molar-refractivity contribution >= 4 is 17.5 Å². The van der Waals surface area contributed by atoms with Crippen molar-refractivity contribution in [2.24, 2.45) is 16.8 Å². The Bertz CT molecular complexity index is 1080. The van der Waals surface area contributed by atoms with Crippen molar-refractivity contribution in [1.29, 1.82) is 0 Å². The zero-order valence-corrected chi connectivity index (χ0v) is 19.5. The van der Waals surface area contributed by atoms with Crippen molar-refractivity contribution in [3.05, 3.63) is 77.0 Å². The van der Waals surface area contributed by atoms with Crippen LogP contribution in [-0.4, -0.2) is 24.1 Å². The van der Waals surface area contributed by atoms with Crippen LogP contribution in [0.15, 0.2) is 70.9 Å². The fourth-order valence-corrected chi connectivity index (χ4v) is 4.55. The van der Waals surface area contributed by atoms with Crippen LogP contribution >= 0.6 is 0 Å². The summed E-state index contributed by atoms with van der Waals surface area (Å²) in [5.41, 5.74) is 4.14. The van der Waals surface area contributed by atoms with Crippen LogP contribution < -0.4 is 4.74 Å². The summed E-state index contributed by atoms with van der Waals surface area (Å²) in [5, 5.41) is 0. The summed E-state index contributed by atoms with van der Waals surface area (Å²) < 4.78 is 11.7. The number of aliphatic imine (C=N–C) groups is 1. The van der Waals surface area contributed by atoms with E-state index in [1.165, 1.54) is 0 Å². The number of rotatable bonds is 7. The van der Waals surface area contributed by atoms with Crippen LogP contribution in [0.2, 0.25) is 0 Å². The minimum atomic E-state index is -0.617. The Morgan fingerprint density at radius 2 is 1.88 bits per heavy atom. The van der Waals surface area contributed by atoms with Crippen molar-refractivity contribution in [2.75, 3.05) is 6.61 Å². The maximum atomic E-state index is 13.2. The second kappa shape index (κ2) is 10.2. The number of hydrogen-bond donors (Lipinski definition) is 0. The van der Waals surface area contributed by atoms with E-state index in [1.807, 2.05) is 75.4 Å². The summed E-state index contributed by atoms with van der Waals surface area (Å²) >= 11 is 0. The maximum absolute atomic E-state index is 13.2. The van der Waals surface area contributed by atoms with E-state index in [2.05, 4.69) is 0 Å². The quantitative estimate of drug-likeness (QED) is 0.517. The molecule has 0 bridgehead atoms. The molecule has 1 aliphatic heterocycles. The van der Waals surface area contributed by atoms with Gasteiger partial charge in [-0.15, -0.1) is 0 Å². The summed E-state index contributed by atoms with van der Waals surface area (Å²) in [6.45, 7) is 6.67. The molecule has 5 heteroatoms. The molecule has 4 rings (SSSR count).